The molecule has 2 aromatic rings. The van der Waals surface area contributed by atoms with Crippen molar-refractivity contribution in [3.05, 3.63) is 57.9 Å². The first-order valence-electron chi connectivity index (χ1n) is 6.89. The van der Waals surface area contributed by atoms with Crippen LogP contribution in [0.1, 0.15) is 12.6 Å². The van der Waals surface area contributed by atoms with Crippen molar-refractivity contribution < 1.29 is 0 Å². The number of halogens is 1. The number of nitrogens with one attached hydrogen (secondary N) is 4. The summed E-state index contributed by atoms with van der Waals surface area (Å²) in [5, 5.41) is 7.93. The molecule has 1 heterocycles. The molecule has 0 aliphatic heterocycles. The van der Waals surface area contributed by atoms with Crippen LogP contribution in [0.5, 0.6) is 0 Å². The predicted molar refractivity (Wildman–Crippen MR) is 114 cm³/mol. The standard InChI is InChI=1S/C15H15IN6S2/c1-10(12-7-4-5-9-17-12)19-21-15(24)22-20-14(23)18-13-8-3-2-6-11(13)16/h2-9H,1H3,(H2,18,20,23)(H2,21,22,24)/b19-10+. The summed E-state index contributed by atoms with van der Waals surface area (Å²) >= 11 is 12.6. The van der Waals surface area contributed by atoms with Crippen molar-refractivity contribution >= 4 is 68.7 Å². The van der Waals surface area contributed by atoms with Crippen LogP contribution in [-0.2, 0) is 0 Å². The number of nitrogens with zero attached hydrogens (tertiary/aromatic N) is 2. The molecule has 0 saturated heterocycles. The third-order valence-electron chi connectivity index (χ3n) is 2.77. The maximum Gasteiger partial charge on any atom is 0.205 e. The quantitative estimate of drug-likeness (QED) is 0.238. The number of hydrazone groups is 1. The van der Waals surface area contributed by atoms with E-state index < -0.39 is 0 Å². The Morgan fingerprint density at radius 1 is 1.04 bits per heavy atom. The minimum absolute atomic E-state index is 0.289. The molecule has 4 N–H and O–H groups in total. The number of benzene rings is 1. The first-order valence-corrected chi connectivity index (χ1v) is 8.79. The van der Waals surface area contributed by atoms with Gasteiger partial charge < -0.3 is 5.32 Å². The summed E-state index contributed by atoms with van der Waals surface area (Å²) in [6, 6.07) is 13.4. The van der Waals surface area contributed by atoms with Crippen LogP contribution in [0.3, 0.4) is 0 Å². The average Bonchev–Trinajstić information content (AvgIpc) is 2.60. The second-order valence-electron chi connectivity index (χ2n) is 4.54. The van der Waals surface area contributed by atoms with Crippen LogP contribution in [0.4, 0.5) is 5.69 Å². The Balaban J connectivity index is 1.79. The van der Waals surface area contributed by atoms with Gasteiger partial charge in [0.25, 0.3) is 0 Å². The van der Waals surface area contributed by atoms with Gasteiger partial charge in [-0.1, -0.05) is 18.2 Å². The van der Waals surface area contributed by atoms with Crippen molar-refractivity contribution in [3.63, 3.8) is 0 Å². The van der Waals surface area contributed by atoms with E-state index in [0.29, 0.717) is 5.11 Å². The maximum atomic E-state index is 5.21. The maximum absolute atomic E-state index is 5.21. The lowest BCUT2D eigenvalue weighted by Gasteiger charge is -2.13. The van der Waals surface area contributed by atoms with Gasteiger partial charge in [0.2, 0.25) is 5.11 Å². The van der Waals surface area contributed by atoms with Crippen molar-refractivity contribution in [1.82, 2.24) is 21.3 Å². The van der Waals surface area contributed by atoms with Gasteiger partial charge in [0, 0.05) is 9.77 Å². The van der Waals surface area contributed by atoms with Gasteiger partial charge >= 0.3 is 0 Å². The Morgan fingerprint density at radius 2 is 1.75 bits per heavy atom. The fraction of sp³-hybridized carbons (Fsp3) is 0.0667. The summed E-state index contributed by atoms with van der Waals surface area (Å²) in [4.78, 5) is 4.20. The molecule has 0 aliphatic rings. The number of aromatic nitrogens is 1. The van der Waals surface area contributed by atoms with E-state index in [2.05, 4.69) is 54.3 Å². The van der Waals surface area contributed by atoms with Gasteiger partial charge in [-0.15, -0.1) is 0 Å². The third-order valence-corrected chi connectivity index (χ3v) is 4.11. The third kappa shape index (κ3) is 5.98. The van der Waals surface area contributed by atoms with Crippen LogP contribution in [-0.4, -0.2) is 20.9 Å². The smallest absolute Gasteiger partial charge is 0.205 e. The van der Waals surface area contributed by atoms with E-state index >= 15 is 0 Å². The van der Waals surface area contributed by atoms with Gasteiger partial charge in [0.15, 0.2) is 5.11 Å². The summed E-state index contributed by atoms with van der Waals surface area (Å²) in [5.74, 6) is 0. The topological polar surface area (TPSA) is 73.4 Å². The van der Waals surface area contributed by atoms with E-state index in [1.54, 1.807) is 6.20 Å². The predicted octanol–water partition coefficient (Wildman–Crippen LogP) is 2.78. The number of rotatable bonds is 3. The number of thiocarbonyl (C=S) groups is 2. The molecule has 0 amide bonds. The number of hydrogen-bond acceptors (Lipinski definition) is 4. The van der Waals surface area contributed by atoms with Crippen molar-refractivity contribution in [2.24, 2.45) is 5.10 Å². The summed E-state index contributed by atoms with van der Waals surface area (Å²) in [6.45, 7) is 1.84. The van der Waals surface area contributed by atoms with Gasteiger partial charge in [-0.2, -0.15) is 5.10 Å². The van der Waals surface area contributed by atoms with E-state index in [-0.39, 0.29) is 5.11 Å². The van der Waals surface area contributed by atoms with Gasteiger partial charge in [0.05, 0.1) is 17.1 Å². The normalized spacial score (nSPS) is 10.7. The minimum Gasteiger partial charge on any atom is -0.330 e. The van der Waals surface area contributed by atoms with E-state index in [1.807, 2.05) is 49.4 Å². The molecular formula is C15H15IN6S2. The lowest BCUT2D eigenvalue weighted by molar-refractivity contribution is 0.834. The first-order chi connectivity index (χ1) is 11.6. The number of hydrogen-bond donors (Lipinski definition) is 4. The summed E-state index contributed by atoms with van der Waals surface area (Å²) in [7, 11) is 0. The highest BCUT2D eigenvalue weighted by atomic mass is 127. The SMILES string of the molecule is C/C(=N\NC(=S)NNC(=S)Nc1ccccc1I)c1ccccn1. The molecule has 6 nitrogen and oxygen atoms in total. The molecule has 2 rings (SSSR count). The molecule has 124 valence electrons. The van der Waals surface area contributed by atoms with Crippen LogP contribution in [0.2, 0.25) is 0 Å². The van der Waals surface area contributed by atoms with Gasteiger partial charge in [0.1, 0.15) is 0 Å². The number of para-hydroxylation sites is 1. The largest absolute Gasteiger partial charge is 0.330 e. The Kier molecular flexibility index (Phi) is 7.28. The second kappa shape index (κ2) is 9.45. The summed E-state index contributed by atoms with van der Waals surface area (Å²) in [5.41, 5.74) is 10.7. The van der Waals surface area contributed by atoms with Crippen LogP contribution < -0.4 is 21.6 Å². The fourth-order valence-corrected chi connectivity index (χ4v) is 2.41. The Bertz CT molecular complexity index is 751. The first kappa shape index (κ1) is 18.5. The molecule has 0 fully saturated rings. The highest BCUT2D eigenvalue weighted by molar-refractivity contribution is 14.1. The van der Waals surface area contributed by atoms with Gasteiger partial charge in [-0.05, 0) is 78.2 Å². The molecule has 0 bridgehead atoms. The van der Waals surface area contributed by atoms with Crippen LogP contribution in [0.15, 0.2) is 53.8 Å². The number of pyridine rings is 1. The monoisotopic (exact) mass is 470 g/mol. The van der Waals surface area contributed by atoms with E-state index in [4.69, 9.17) is 24.4 Å². The van der Waals surface area contributed by atoms with Crippen molar-refractivity contribution in [3.8, 4) is 0 Å². The number of hydrazine groups is 1. The van der Waals surface area contributed by atoms with E-state index in [0.717, 1.165) is 20.7 Å². The van der Waals surface area contributed by atoms with E-state index in [1.165, 1.54) is 0 Å². The molecular weight excluding hydrogens is 455 g/mol. The van der Waals surface area contributed by atoms with Crippen LogP contribution >= 0.6 is 47.0 Å². The number of anilines is 1. The van der Waals surface area contributed by atoms with Crippen molar-refractivity contribution in [2.75, 3.05) is 5.32 Å². The molecule has 0 unspecified atom stereocenters. The molecule has 0 saturated carbocycles. The Labute approximate surface area is 164 Å². The molecule has 24 heavy (non-hydrogen) atoms. The molecule has 1 aromatic carbocycles. The van der Waals surface area contributed by atoms with Gasteiger partial charge in [-0.25, -0.2) is 0 Å². The van der Waals surface area contributed by atoms with Crippen LogP contribution in [0, 0.1) is 3.57 Å². The Morgan fingerprint density at radius 3 is 2.46 bits per heavy atom. The minimum atomic E-state index is 0.289. The Hall–Kier alpha value is -1.85. The highest BCUT2D eigenvalue weighted by Crippen LogP contribution is 2.16. The van der Waals surface area contributed by atoms with Crippen LogP contribution in [0.25, 0.3) is 0 Å². The molecule has 0 aliphatic carbocycles. The van der Waals surface area contributed by atoms with Crippen molar-refractivity contribution in [1.29, 1.82) is 0 Å². The summed E-state index contributed by atoms with van der Waals surface area (Å²) < 4.78 is 1.07. The zero-order valence-corrected chi connectivity index (χ0v) is 16.5. The molecule has 0 atom stereocenters. The fourth-order valence-electron chi connectivity index (χ4n) is 1.63. The highest BCUT2D eigenvalue weighted by Gasteiger charge is 2.02. The zero-order valence-electron chi connectivity index (χ0n) is 12.7. The lowest BCUT2D eigenvalue weighted by Crippen LogP contribution is -2.47. The molecule has 0 spiro atoms. The summed E-state index contributed by atoms with van der Waals surface area (Å²) in [6.07, 6.45) is 1.71. The molecule has 9 heteroatoms. The van der Waals surface area contributed by atoms with E-state index in [9.17, 15) is 0 Å². The zero-order chi connectivity index (χ0) is 17.4. The van der Waals surface area contributed by atoms with Gasteiger partial charge in [-0.3, -0.25) is 21.3 Å². The average molecular weight is 470 g/mol. The lowest BCUT2D eigenvalue weighted by atomic mass is 10.3. The second-order valence-corrected chi connectivity index (χ2v) is 6.52. The molecule has 1 aromatic heterocycles. The van der Waals surface area contributed by atoms with Crippen molar-refractivity contribution in [2.45, 2.75) is 6.92 Å². The molecule has 0 radical (unpaired) electrons.